The molecule has 0 aromatic carbocycles. The average molecular weight is 323 g/mol. The van der Waals surface area contributed by atoms with Crippen LogP contribution >= 0.6 is 24.8 Å². The third-order valence-corrected chi connectivity index (χ3v) is 2.25. The summed E-state index contributed by atoms with van der Waals surface area (Å²) in [7, 11) is 0. The Kier molecular flexibility index (Phi) is 13.2. The number of carbonyl (C=O) groups excluding carboxylic acids is 2. The molecule has 0 saturated heterocycles. The van der Waals surface area contributed by atoms with Crippen molar-refractivity contribution in [3.63, 3.8) is 0 Å². The number of aromatic nitrogens is 1. The second kappa shape index (κ2) is 12.7. The van der Waals surface area contributed by atoms with Crippen LogP contribution in [-0.4, -0.2) is 29.9 Å². The van der Waals surface area contributed by atoms with E-state index in [2.05, 4.69) is 15.6 Å². The molecule has 0 radical (unpaired) electrons. The molecule has 0 aliphatic rings. The van der Waals surface area contributed by atoms with Crippen molar-refractivity contribution in [2.45, 2.75) is 19.3 Å². The van der Waals surface area contributed by atoms with Gasteiger partial charge in [-0.05, 0) is 25.1 Å². The van der Waals surface area contributed by atoms with Crippen molar-refractivity contribution < 1.29 is 9.59 Å². The summed E-state index contributed by atoms with van der Waals surface area (Å²) in [6, 6.07) is 3.41. The molecular weight excluding hydrogens is 303 g/mol. The van der Waals surface area contributed by atoms with Gasteiger partial charge in [-0.2, -0.15) is 0 Å². The smallest absolute Gasteiger partial charge is 0.226 e. The predicted molar refractivity (Wildman–Crippen MR) is 83.3 cm³/mol. The van der Waals surface area contributed by atoms with E-state index in [0.29, 0.717) is 31.6 Å². The maximum atomic E-state index is 11.5. The standard InChI is InChI=1S/C12H18N4O2.2ClH/c13-6-1-2-11(17)15-9-5-12(18)16-10-3-7-14-8-4-10;;/h3-4,7-8H,1-2,5-6,9,13H2,(H,15,17)(H,14,16,18);2*1H. The fourth-order valence-corrected chi connectivity index (χ4v) is 1.33. The van der Waals surface area contributed by atoms with Crippen molar-refractivity contribution >= 4 is 42.3 Å². The quantitative estimate of drug-likeness (QED) is 0.700. The van der Waals surface area contributed by atoms with Crippen molar-refractivity contribution in [3.05, 3.63) is 24.5 Å². The number of halogens is 2. The number of nitrogens with one attached hydrogen (secondary N) is 2. The molecule has 0 unspecified atom stereocenters. The van der Waals surface area contributed by atoms with E-state index < -0.39 is 0 Å². The van der Waals surface area contributed by atoms with Crippen LogP contribution in [-0.2, 0) is 9.59 Å². The van der Waals surface area contributed by atoms with E-state index in [-0.39, 0.29) is 43.0 Å². The van der Waals surface area contributed by atoms with Gasteiger partial charge in [0.2, 0.25) is 11.8 Å². The molecule has 6 nitrogen and oxygen atoms in total. The van der Waals surface area contributed by atoms with Crippen LogP contribution in [0.2, 0.25) is 0 Å². The summed E-state index contributed by atoms with van der Waals surface area (Å²) in [5.74, 6) is -0.211. The van der Waals surface area contributed by atoms with Gasteiger partial charge in [-0.15, -0.1) is 24.8 Å². The van der Waals surface area contributed by atoms with Crippen molar-refractivity contribution in [3.8, 4) is 0 Å². The zero-order chi connectivity index (χ0) is 13.2. The van der Waals surface area contributed by atoms with Gasteiger partial charge in [-0.3, -0.25) is 14.6 Å². The third kappa shape index (κ3) is 9.55. The number of anilines is 1. The van der Waals surface area contributed by atoms with Gasteiger partial charge in [-0.1, -0.05) is 0 Å². The van der Waals surface area contributed by atoms with Crippen LogP contribution in [0.5, 0.6) is 0 Å². The van der Waals surface area contributed by atoms with Gasteiger partial charge >= 0.3 is 0 Å². The first-order chi connectivity index (χ1) is 8.72. The topological polar surface area (TPSA) is 97.1 Å². The SMILES string of the molecule is Cl.Cl.NCCCC(=O)NCCC(=O)Nc1ccncc1. The van der Waals surface area contributed by atoms with Crippen LogP contribution in [0, 0.1) is 0 Å². The van der Waals surface area contributed by atoms with Gasteiger partial charge in [0.25, 0.3) is 0 Å². The van der Waals surface area contributed by atoms with Crippen LogP contribution in [0.1, 0.15) is 19.3 Å². The van der Waals surface area contributed by atoms with E-state index in [1.54, 1.807) is 24.5 Å². The largest absolute Gasteiger partial charge is 0.356 e. The second-order valence-corrected chi connectivity index (χ2v) is 3.78. The molecule has 20 heavy (non-hydrogen) atoms. The zero-order valence-corrected chi connectivity index (χ0v) is 12.6. The van der Waals surface area contributed by atoms with Crippen LogP contribution in [0.25, 0.3) is 0 Å². The maximum absolute atomic E-state index is 11.5. The summed E-state index contributed by atoms with van der Waals surface area (Å²) in [6.45, 7) is 0.830. The van der Waals surface area contributed by atoms with Gasteiger partial charge in [0.05, 0.1) is 0 Å². The molecule has 1 rings (SSSR count). The summed E-state index contributed by atoms with van der Waals surface area (Å²) in [4.78, 5) is 26.6. The fourth-order valence-electron chi connectivity index (χ4n) is 1.33. The average Bonchev–Trinajstić information content (AvgIpc) is 2.37. The highest BCUT2D eigenvalue weighted by atomic mass is 35.5. The lowest BCUT2D eigenvalue weighted by Gasteiger charge is -2.06. The Balaban J connectivity index is 0. The van der Waals surface area contributed by atoms with E-state index in [1.165, 1.54) is 0 Å². The molecule has 1 aromatic rings. The lowest BCUT2D eigenvalue weighted by Crippen LogP contribution is -2.27. The monoisotopic (exact) mass is 322 g/mol. The molecule has 0 aliphatic carbocycles. The number of hydrogen-bond donors (Lipinski definition) is 3. The Morgan fingerprint density at radius 2 is 1.75 bits per heavy atom. The lowest BCUT2D eigenvalue weighted by atomic mass is 10.3. The van der Waals surface area contributed by atoms with Gasteiger partial charge in [0.1, 0.15) is 0 Å². The first-order valence-electron chi connectivity index (χ1n) is 5.89. The molecule has 0 bridgehead atoms. The van der Waals surface area contributed by atoms with Crippen molar-refractivity contribution in [1.29, 1.82) is 0 Å². The van der Waals surface area contributed by atoms with Gasteiger partial charge in [0, 0.05) is 37.5 Å². The highest BCUT2D eigenvalue weighted by molar-refractivity contribution is 5.91. The van der Waals surface area contributed by atoms with Crippen LogP contribution in [0.3, 0.4) is 0 Å². The number of rotatable bonds is 7. The molecule has 0 aliphatic heterocycles. The van der Waals surface area contributed by atoms with Gasteiger partial charge in [0.15, 0.2) is 0 Å². The van der Waals surface area contributed by atoms with Crippen molar-refractivity contribution in [2.75, 3.05) is 18.4 Å². The van der Waals surface area contributed by atoms with E-state index >= 15 is 0 Å². The van der Waals surface area contributed by atoms with Gasteiger partial charge < -0.3 is 16.4 Å². The number of pyridine rings is 1. The molecule has 0 saturated carbocycles. The maximum Gasteiger partial charge on any atom is 0.226 e. The van der Waals surface area contributed by atoms with Crippen LogP contribution in [0.4, 0.5) is 5.69 Å². The Bertz CT molecular complexity index is 390. The predicted octanol–water partition coefficient (Wildman–Crippen LogP) is 1.11. The number of hydrogen-bond acceptors (Lipinski definition) is 4. The van der Waals surface area contributed by atoms with E-state index in [4.69, 9.17) is 5.73 Å². The summed E-state index contributed by atoms with van der Waals surface area (Å²) >= 11 is 0. The lowest BCUT2D eigenvalue weighted by molar-refractivity contribution is -0.121. The normalized spacial score (nSPS) is 8.85. The first kappa shape index (κ1) is 20.9. The van der Waals surface area contributed by atoms with E-state index in [9.17, 15) is 9.59 Å². The molecule has 8 heteroatoms. The van der Waals surface area contributed by atoms with Crippen LogP contribution in [0.15, 0.2) is 24.5 Å². The summed E-state index contributed by atoms with van der Waals surface area (Å²) in [5, 5.41) is 5.38. The Hall–Kier alpha value is -1.37. The fraction of sp³-hybridized carbons (Fsp3) is 0.417. The molecule has 1 aromatic heterocycles. The van der Waals surface area contributed by atoms with Crippen molar-refractivity contribution in [1.82, 2.24) is 10.3 Å². The Morgan fingerprint density at radius 3 is 2.35 bits per heavy atom. The van der Waals surface area contributed by atoms with E-state index in [1.807, 2.05) is 0 Å². The summed E-state index contributed by atoms with van der Waals surface area (Å²) in [6.07, 6.45) is 4.52. The van der Waals surface area contributed by atoms with Gasteiger partial charge in [-0.25, -0.2) is 0 Å². The number of nitrogens with two attached hydrogens (primary N) is 1. The number of carbonyl (C=O) groups is 2. The minimum absolute atomic E-state index is 0. The first-order valence-corrected chi connectivity index (χ1v) is 5.89. The molecule has 1 heterocycles. The van der Waals surface area contributed by atoms with Crippen molar-refractivity contribution in [2.24, 2.45) is 5.73 Å². The molecule has 0 spiro atoms. The number of amides is 2. The summed E-state index contributed by atoms with van der Waals surface area (Å²) in [5.41, 5.74) is 5.99. The highest BCUT2D eigenvalue weighted by Crippen LogP contribution is 2.03. The second-order valence-electron chi connectivity index (χ2n) is 3.78. The Morgan fingerprint density at radius 1 is 1.10 bits per heavy atom. The molecule has 0 atom stereocenters. The highest BCUT2D eigenvalue weighted by Gasteiger charge is 2.04. The zero-order valence-electron chi connectivity index (χ0n) is 11.0. The molecule has 114 valence electrons. The molecule has 2 amide bonds. The minimum atomic E-state index is -0.139. The molecule has 4 N–H and O–H groups in total. The van der Waals surface area contributed by atoms with E-state index in [0.717, 1.165) is 0 Å². The molecule has 0 fully saturated rings. The third-order valence-electron chi connectivity index (χ3n) is 2.25. The Labute approximate surface area is 130 Å². The molecular formula is C12H20Cl2N4O2. The minimum Gasteiger partial charge on any atom is -0.356 e. The number of nitrogens with zero attached hydrogens (tertiary/aromatic N) is 1. The van der Waals surface area contributed by atoms with Crippen LogP contribution < -0.4 is 16.4 Å². The summed E-state index contributed by atoms with van der Waals surface area (Å²) < 4.78 is 0.